The van der Waals surface area contributed by atoms with E-state index in [0.29, 0.717) is 13.0 Å². The lowest BCUT2D eigenvalue weighted by Crippen LogP contribution is -2.33. The summed E-state index contributed by atoms with van der Waals surface area (Å²) in [5.74, 6) is -0.530. The second-order valence-electron chi connectivity index (χ2n) is 4.24. The minimum atomic E-state index is -4.45. The van der Waals surface area contributed by atoms with E-state index in [-0.39, 0.29) is 18.8 Å². The molecule has 0 saturated carbocycles. The van der Waals surface area contributed by atoms with Crippen molar-refractivity contribution in [2.75, 3.05) is 24.6 Å². The van der Waals surface area contributed by atoms with Crippen molar-refractivity contribution in [2.24, 2.45) is 0 Å². The summed E-state index contributed by atoms with van der Waals surface area (Å²) in [7, 11) is 0. The van der Waals surface area contributed by atoms with E-state index < -0.39 is 17.7 Å². The lowest BCUT2D eigenvalue weighted by atomic mass is 10.1. The first-order valence-electron chi connectivity index (χ1n) is 6.47. The number of para-hydroxylation sites is 1. The minimum Gasteiger partial charge on any atom is -0.465 e. The van der Waals surface area contributed by atoms with Gasteiger partial charge >= 0.3 is 12.1 Å². The van der Waals surface area contributed by atoms with Gasteiger partial charge in [-0.05, 0) is 25.5 Å². The van der Waals surface area contributed by atoms with Crippen LogP contribution in [0.15, 0.2) is 24.3 Å². The molecule has 1 rings (SSSR count). The Morgan fingerprint density at radius 1 is 1.25 bits per heavy atom. The monoisotopic (exact) mass is 289 g/mol. The van der Waals surface area contributed by atoms with Gasteiger partial charge in [-0.3, -0.25) is 4.79 Å². The average Bonchev–Trinajstić information content (AvgIpc) is 2.37. The van der Waals surface area contributed by atoms with Gasteiger partial charge < -0.3 is 9.64 Å². The van der Waals surface area contributed by atoms with Crippen molar-refractivity contribution in [1.82, 2.24) is 0 Å². The molecular formula is C14H18F3NO2. The molecule has 0 saturated heterocycles. The maximum atomic E-state index is 13.0. The molecule has 20 heavy (non-hydrogen) atoms. The highest BCUT2D eigenvalue weighted by molar-refractivity contribution is 5.76. The van der Waals surface area contributed by atoms with Crippen LogP contribution in [0.2, 0.25) is 0 Å². The maximum Gasteiger partial charge on any atom is 0.418 e. The van der Waals surface area contributed by atoms with E-state index in [4.69, 9.17) is 4.74 Å². The van der Waals surface area contributed by atoms with Crippen LogP contribution in [0.4, 0.5) is 18.9 Å². The summed E-state index contributed by atoms with van der Waals surface area (Å²) in [5.41, 5.74) is -0.729. The van der Waals surface area contributed by atoms with Gasteiger partial charge in [-0.25, -0.2) is 0 Å². The number of hydrogen-bond acceptors (Lipinski definition) is 3. The molecule has 0 aliphatic carbocycles. The maximum absolute atomic E-state index is 13.0. The third-order valence-electron chi connectivity index (χ3n) is 2.67. The average molecular weight is 289 g/mol. The van der Waals surface area contributed by atoms with Crippen LogP contribution in [0.1, 0.15) is 25.8 Å². The molecule has 0 unspecified atom stereocenters. The Balaban J connectivity index is 3.05. The summed E-state index contributed by atoms with van der Waals surface area (Å²) in [6.45, 7) is 3.88. The Morgan fingerprint density at radius 3 is 2.45 bits per heavy atom. The summed E-state index contributed by atoms with van der Waals surface area (Å²) in [5, 5.41) is 0. The number of rotatable bonds is 6. The minimum absolute atomic E-state index is 0.00917. The number of ether oxygens (including phenoxy) is 1. The predicted molar refractivity (Wildman–Crippen MR) is 70.6 cm³/mol. The molecule has 0 heterocycles. The highest BCUT2D eigenvalue weighted by Crippen LogP contribution is 2.36. The zero-order chi connectivity index (χ0) is 15.2. The van der Waals surface area contributed by atoms with E-state index in [1.165, 1.54) is 23.1 Å². The van der Waals surface area contributed by atoms with E-state index in [0.717, 1.165) is 6.07 Å². The molecule has 0 aromatic heterocycles. The zero-order valence-electron chi connectivity index (χ0n) is 11.5. The fourth-order valence-electron chi connectivity index (χ4n) is 1.91. The van der Waals surface area contributed by atoms with Gasteiger partial charge in [0.05, 0.1) is 12.2 Å². The number of anilines is 1. The first-order valence-corrected chi connectivity index (χ1v) is 6.47. The van der Waals surface area contributed by atoms with E-state index >= 15 is 0 Å². The Bertz CT molecular complexity index is 446. The topological polar surface area (TPSA) is 29.5 Å². The van der Waals surface area contributed by atoms with Gasteiger partial charge in [0, 0.05) is 12.2 Å². The molecule has 0 fully saturated rings. The number of halogens is 3. The van der Waals surface area contributed by atoms with Crippen molar-refractivity contribution in [3.05, 3.63) is 29.8 Å². The van der Waals surface area contributed by atoms with E-state index in [1.54, 1.807) is 6.92 Å². The highest BCUT2D eigenvalue weighted by Gasteiger charge is 2.34. The zero-order valence-corrected chi connectivity index (χ0v) is 11.5. The van der Waals surface area contributed by atoms with Gasteiger partial charge in [-0.1, -0.05) is 19.1 Å². The molecular weight excluding hydrogens is 271 g/mol. The summed E-state index contributed by atoms with van der Waals surface area (Å²) < 4.78 is 43.8. The Hall–Kier alpha value is -1.72. The number of alkyl halides is 3. The SMILES string of the molecule is CCCN(CC(=O)OCC)c1ccccc1C(F)(F)F. The first-order chi connectivity index (χ1) is 9.40. The smallest absolute Gasteiger partial charge is 0.418 e. The van der Waals surface area contributed by atoms with Gasteiger partial charge in [0.25, 0.3) is 0 Å². The largest absolute Gasteiger partial charge is 0.465 e. The van der Waals surface area contributed by atoms with Crippen LogP contribution >= 0.6 is 0 Å². The van der Waals surface area contributed by atoms with Crippen LogP contribution in [0, 0.1) is 0 Å². The third kappa shape index (κ3) is 4.43. The number of hydrogen-bond donors (Lipinski definition) is 0. The number of carbonyl (C=O) groups is 1. The van der Waals surface area contributed by atoms with Crippen molar-refractivity contribution in [3.8, 4) is 0 Å². The fourth-order valence-corrected chi connectivity index (χ4v) is 1.91. The van der Waals surface area contributed by atoms with Crippen molar-refractivity contribution in [3.63, 3.8) is 0 Å². The number of benzene rings is 1. The number of carbonyl (C=O) groups excluding carboxylic acids is 1. The molecule has 0 radical (unpaired) electrons. The molecule has 0 aliphatic heterocycles. The van der Waals surface area contributed by atoms with Gasteiger partial charge in [0.2, 0.25) is 0 Å². The molecule has 1 aromatic rings. The lowest BCUT2D eigenvalue weighted by molar-refractivity contribution is -0.142. The summed E-state index contributed by atoms with van der Waals surface area (Å²) in [4.78, 5) is 12.9. The van der Waals surface area contributed by atoms with Crippen LogP contribution in [0.25, 0.3) is 0 Å². The predicted octanol–water partition coefficient (Wildman–Crippen LogP) is 3.48. The van der Waals surface area contributed by atoms with E-state index in [2.05, 4.69) is 0 Å². The van der Waals surface area contributed by atoms with Gasteiger partial charge in [0.1, 0.15) is 6.54 Å². The van der Waals surface area contributed by atoms with Gasteiger partial charge in [-0.2, -0.15) is 13.2 Å². The molecule has 0 bridgehead atoms. The van der Waals surface area contributed by atoms with Crippen LogP contribution < -0.4 is 4.90 Å². The van der Waals surface area contributed by atoms with Crippen LogP contribution in [-0.2, 0) is 15.7 Å². The Labute approximate surface area is 116 Å². The van der Waals surface area contributed by atoms with Crippen LogP contribution in [0.3, 0.4) is 0 Å². The summed E-state index contributed by atoms with van der Waals surface area (Å²) >= 11 is 0. The molecule has 0 amide bonds. The molecule has 1 aromatic carbocycles. The number of esters is 1. The second kappa shape index (κ2) is 7.17. The van der Waals surface area contributed by atoms with Crippen molar-refractivity contribution in [1.29, 1.82) is 0 Å². The van der Waals surface area contributed by atoms with Crippen molar-refractivity contribution < 1.29 is 22.7 Å². The normalized spacial score (nSPS) is 11.2. The lowest BCUT2D eigenvalue weighted by Gasteiger charge is -2.26. The quantitative estimate of drug-likeness (QED) is 0.751. The third-order valence-corrected chi connectivity index (χ3v) is 2.67. The second-order valence-corrected chi connectivity index (χ2v) is 4.24. The standard InChI is InChI=1S/C14H18F3NO2/c1-3-9-18(10-13(19)20-4-2)12-8-6-5-7-11(12)14(15,16)17/h5-8H,3-4,9-10H2,1-2H3. The van der Waals surface area contributed by atoms with E-state index in [9.17, 15) is 18.0 Å². The summed E-state index contributed by atoms with van der Waals surface area (Å²) in [6, 6.07) is 5.25. The van der Waals surface area contributed by atoms with Crippen molar-refractivity contribution >= 4 is 11.7 Å². The Kier molecular flexibility index (Phi) is 5.85. The molecule has 0 aliphatic rings. The van der Waals surface area contributed by atoms with Crippen LogP contribution in [-0.4, -0.2) is 25.7 Å². The van der Waals surface area contributed by atoms with Gasteiger partial charge in [-0.15, -0.1) is 0 Å². The fraction of sp³-hybridized carbons (Fsp3) is 0.500. The molecule has 112 valence electrons. The molecule has 0 spiro atoms. The van der Waals surface area contributed by atoms with E-state index in [1.807, 2.05) is 6.92 Å². The Morgan fingerprint density at radius 2 is 1.90 bits per heavy atom. The molecule has 0 N–H and O–H groups in total. The van der Waals surface area contributed by atoms with Gasteiger partial charge in [0.15, 0.2) is 0 Å². The number of nitrogens with zero attached hydrogens (tertiary/aromatic N) is 1. The van der Waals surface area contributed by atoms with Crippen LogP contribution in [0.5, 0.6) is 0 Å². The molecule has 3 nitrogen and oxygen atoms in total. The highest BCUT2D eigenvalue weighted by atomic mass is 19.4. The molecule has 0 atom stereocenters. The van der Waals surface area contributed by atoms with Crippen molar-refractivity contribution in [2.45, 2.75) is 26.4 Å². The summed E-state index contributed by atoms with van der Waals surface area (Å²) in [6.07, 6.45) is -3.82. The molecule has 6 heteroatoms. The first kappa shape index (κ1) is 16.3.